The molecule has 3 heterocycles. The largest absolute Gasteiger partial charge is 0.453 e. The highest BCUT2D eigenvalue weighted by atomic mass is 19.4. The van der Waals surface area contributed by atoms with Crippen LogP contribution in [0.5, 0.6) is 0 Å². The number of halogens is 4. The highest BCUT2D eigenvalue weighted by Crippen LogP contribution is 2.29. The molecular formula is C20H20F4N6O. The number of benzene rings is 1. The van der Waals surface area contributed by atoms with Crippen LogP contribution in [0.1, 0.15) is 37.2 Å². The first-order chi connectivity index (χ1) is 14.7. The fourth-order valence-corrected chi connectivity index (χ4v) is 3.66. The average Bonchev–Trinajstić information content (AvgIpc) is 3.18. The van der Waals surface area contributed by atoms with E-state index < -0.39 is 12.0 Å². The minimum absolute atomic E-state index is 0.0140. The molecule has 2 aromatic heterocycles. The quantitative estimate of drug-likeness (QED) is 0.635. The summed E-state index contributed by atoms with van der Waals surface area (Å²) in [6, 6.07) is 8.73. The summed E-state index contributed by atoms with van der Waals surface area (Å²) in [7, 11) is 0. The second kappa shape index (κ2) is 8.12. The zero-order valence-electron chi connectivity index (χ0n) is 16.6. The molecule has 1 fully saturated rings. The summed E-state index contributed by atoms with van der Waals surface area (Å²) in [5.41, 5.74) is 0.819. The summed E-state index contributed by atoms with van der Waals surface area (Å²) in [5.74, 6) is -1.46. The molecule has 11 heteroatoms. The first kappa shape index (κ1) is 21.0. The van der Waals surface area contributed by atoms with Crippen LogP contribution in [-0.4, -0.2) is 38.8 Å². The summed E-state index contributed by atoms with van der Waals surface area (Å²) in [6.45, 7) is 2.78. The molecule has 164 valence electrons. The number of nitrogens with one attached hydrogen (secondary N) is 1. The Morgan fingerprint density at radius 1 is 1.10 bits per heavy atom. The van der Waals surface area contributed by atoms with Crippen molar-refractivity contribution in [2.45, 2.75) is 32.0 Å². The molecule has 1 aliphatic rings. The summed E-state index contributed by atoms with van der Waals surface area (Å²) >= 11 is 0. The van der Waals surface area contributed by atoms with Crippen LogP contribution in [0.3, 0.4) is 0 Å². The van der Waals surface area contributed by atoms with Gasteiger partial charge in [-0.3, -0.25) is 4.79 Å². The maximum absolute atomic E-state index is 13.1. The number of alkyl halides is 3. The van der Waals surface area contributed by atoms with Gasteiger partial charge in [-0.25, -0.2) is 4.39 Å². The van der Waals surface area contributed by atoms with Crippen molar-refractivity contribution in [3.05, 3.63) is 53.6 Å². The van der Waals surface area contributed by atoms with E-state index >= 15 is 0 Å². The second-order valence-electron chi connectivity index (χ2n) is 7.53. The van der Waals surface area contributed by atoms with E-state index in [-0.39, 0.29) is 29.3 Å². The number of hydrogen-bond acceptors (Lipinski definition) is 5. The van der Waals surface area contributed by atoms with Gasteiger partial charge in [0.15, 0.2) is 5.65 Å². The molecule has 0 radical (unpaired) electrons. The number of hydrogen-bond donors (Lipinski definition) is 1. The lowest BCUT2D eigenvalue weighted by Crippen LogP contribution is -2.41. The molecule has 0 saturated carbocycles. The van der Waals surface area contributed by atoms with Gasteiger partial charge in [-0.05, 0) is 49.6 Å². The van der Waals surface area contributed by atoms with Crippen molar-refractivity contribution in [2.24, 2.45) is 5.92 Å². The molecule has 1 amide bonds. The maximum Gasteiger partial charge on any atom is 0.453 e. The number of amides is 1. The van der Waals surface area contributed by atoms with E-state index in [1.54, 1.807) is 18.2 Å². The Bertz CT molecular complexity index is 1070. The van der Waals surface area contributed by atoms with E-state index in [0.717, 1.165) is 5.56 Å². The Labute approximate surface area is 175 Å². The first-order valence-corrected chi connectivity index (χ1v) is 9.83. The van der Waals surface area contributed by atoms with Gasteiger partial charge in [-0.1, -0.05) is 12.1 Å². The third-order valence-corrected chi connectivity index (χ3v) is 5.42. The van der Waals surface area contributed by atoms with Gasteiger partial charge >= 0.3 is 6.18 Å². The number of carbonyl (C=O) groups excluding carboxylic acids is 1. The van der Waals surface area contributed by atoms with Crippen molar-refractivity contribution in [1.82, 2.24) is 25.1 Å². The number of aromatic nitrogens is 4. The number of anilines is 1. The van der Waals surface area contributed by atoms with Gasteiger partial charge in [0, 0.05) is 19.0 Å². The smallest absolute Gasteiger partial charge is 0.355 e. The molecule has 1 unspecified atom stereocenters. The van der Waals surface area contributed by atoms with Crippen molar-refractivity contribution in [3.63, 3.8) is 0 Å². The van der Waals surface area contributed by atoms with Crippen LogP contribution in [-0.2, 0) is 11.0 Å². The Kier molecular flexibility index (Phi) is 5.50. The minimum Gasteiger partial charge on any atom is -0.355 e. The van der Waals surface area contributed by atoms with E-state index in [1.165, 1.54) is 18.2 Å². The zero-order valence-corrected chi connectivity index (χ0v) is 16.6. The third-order valence-electron chi connectivity index (χ3n) is 5.42. The molecule has 1 atom stereocenters. The molecular weight excluding hydrogens is 416 g/mol. The summed E-state index contributed by atoms with van der Waals surface area (Å²) < 4.78 is 53.0. The fourth-order valence-electron chi connectivity index (χ4n) is 3.66. The van der Waals surface area contributed by atoms with Crippen LogP contribution < -0.4 is 10.2 Å². The van der Waals surface area contributed by atoms with Crippen molar-refractivity contribution < 1.29 is 22.4 Å². The van der Waals surface area contributed by atoms with Gasteiger partial charge in [0.2, 0.25) is 5.91 Å². The van der Waals surface area contributed by atoms with Crippen LogP contribution in [0.2, 0.25) is 0 Å². The number of carbonyl (C=O) groups is 1. The predicted molar refractivity (Wildman–Crippen MR) is 104 cm³/mol. The van der Waals surface area contributed by atoms with Crippen LogP contribution >= 0.6 is 0 Å². The molecule has 1 aliphatic heterocycles. The standard InChI is InChI=1S/C20H20F4N6O/c1-12(13-2-4-15(21)5-3-13)25-18(31)14-8-10-29(11-9-14)17-7-6-16-26-27-19(20(22,23)24)30(16)28-17/h2-7,12,14H,8-11H2,1H3,(H,25,31). The van der Waals surface area contributed by atoms with E-state index in [1.807, 2.05) is 11.8 Å². The van der Waals surface area contributed by atoms with Crippen molar-refractivity contribution in [3.8, 4) is 0 Å². The van der Waals surface area contributed by atoms with Gasteiger partial charge in [0.1, 0.15) is 11.6 Å². The van der Waals surface area contributed by atoms with Gasteiger partial charge in [0.05, 0.1) is 6.04 Å². The lowest BCUT2D eigenvalue weighted by molar-refractivity contribution is -0.146. The summed E-state index contributed by atoms with van der Waals surface area (Å²) in [6.07, 6.45) is -3.58. The number of piperidine rings is 1. The van der Waals surface area contributed by atoms with Crippen LogP contribution in [0.4, 0.5) is 23.4 Å². The van der Waals surface area contributed by atoms with Crippen molar-refractivity contribution >= 4 is 17.4 Å². The molecule has 0 aliphatic carbocycles. The third kappa shape index (κ3) is 4.44. The molecule has 0 bridgehead atoms. The normalized spacial score (nSPS) is 16.5. The van der Waals surface area contributed by atoms with Gasteiger partial charge in [-0.15, -0.1) is 15.3 Å². The molecule has 7 nitrogen and oxygen atoms in total. The zero-order chi connectivity index (χ0) is 22.2. The summed E-state index contributed by atoms with van der Waals surface area (Å²) in [4.78, 5) is 14.5. The number of nitrogens with zero attached hydrogens (tertiary/aromatic N) is 5. The van der Waals surface area contributed by atoms with Gasteiger partial charge < -0.3 is 10.2 Å². The molecule has 0 spiro atoms. The molecule has 31 heavy (non-hydrogen) atoms. The van der Waals surface area contributed by atoms with Gasteiger partial charge in [0.25, 0.3) is 5.82 Å². The Morgan fingerprint density at radius 2 is 1.77 bits per heavy atom. The Morgan fingerprint density at radius 3 is 2.42 bits per heavy atom. The monoisotopic (exact) mass is 436 g/mol. The lowest BCUT2D eigenvalue weighted by Gasteiger charge is -2.32. The van der Waals surface area contributed by atoms with Gasteiger partial charge in [-0.2, -0.15) is 17.7 Å². The topological polar surface area (TPSA) is 75.4 Å². The molecule has 1 N–H and O–H groups in total. The molecule has 1 saturated heterocycles. The van der Waals surface area contributed by atoms with E-state index in [0.29, 0.717) is 36.3 Å². The fraction of sp³-hybridized carbons (Fsp3) is 0.400. The van der Waals surface area contributed by atoms with Crippen LogP contribution in [0.15, 0.2) is 36.4 Å². The molecule has 3 aromatic rings. The van der Waals surface area contributed by atoms with Crippen molar-refractivity contribution in [2.75, 3.05) is 18.0 Å². The summed E-state index contributed by atoms with van der Waals surface area (Å²) in [5, 5.41) is 13.7. The van der Waals surface area contributed by atoms with Crippen molar-refractivity contribution in [1.29, 1.82) is 0 Å². The average molecular weight is 436 g/mol. The first-order valence-electron chi connectivity index (χ1n) is 9.83. The Hall–Kier alpha value is -3.24. The minimum atomic E-state index is -4.66. The predicted octanol–water partition coefficient (Wildman–Crippen LogP) is 3.38. The number of rotatable bonds is 4. The highest BCUT2D eigenvalue weighted by Gasteiger charge is 2.38. The van der Waals surface area contributed by atoms with E-state index in [4.69, 9.17) is 0 Å². The highest BCUT2D eigenvalue weighted by molar-refractivity contribution is 5.79. The lowest BCUT2D eigenvalue weighted by atomic mass is 9.95. The molecule has 4 rings (SSSR count). The maximum atomic E-state index is 13.1. The van der Waals surface area contributed by atoms with E-state index in [9.17, 15) is 22.4 Å². The van der Waals surface area contributed by atoms with Crippen LogP contribution in [0.25, 0.3) is 5.65 Å². The SMILES string of the molecule is CC(NC(=O)C1CCN(c2ccc3nnc(C(F)(F)F)n3n2)CC1)c1ccc(F)cc1. The second-order valence-corrected chi connectivity index (χ2v) is 7.53. The number of fused-ring (bicyclic) bond motifs is 1. The van der Waals surface area contributed by atoms with E-state index in [2.05, 4.69) is 20.6 Å². The Balaban J connectivity index is 1.39. The van der Waals surface area contributed by atoms with Crippen LogP contribution in [0, 0.1) is 11.7 Å². The molecule has 1 aromatic carbocycles.